The van der Waals surface area contributed by atoms with Gasteiger partial charge in [0.05, 0.1) is 17.3 Å². The van der Waals surface area contributed by atoms with Crippen LogP contribution in [0.25, 0.3) is 0 Å². The maximum absolute atomic E-state index is 12.1. The van der Waals surface area contributed by atoms with Crippen LogP contribution in [0.1, 0.15) is 34.7 Å². The minimum atomic E-state index is -0.195. The zero-order chi connectivity index (χ0) is 15.6. The van der Waals surface area contributed by atoms with E-state index in [2.05, 4.69) is 10.4 Å². The monoisotopic (exact) mass is 288 g/mol. The molecule has 0 unspecified atom stereocenters. The first-order valence-corrected chi connectivity index (χ1v) is 6.86. The summed E-state index contributed by atoms with van der Waals surface area (Å²) in [6.45, 7) is 6.41. The molecule has 0 fully saturated rings. The molecule has 0 aliphatic heterocycles. The number of aryl methyl sites for hydroxylation is 3. The molecular weight excluding hydrogens is 268 g/mol. The fourth-order valence-corrected chi connectivity index (χ4v) is 2.25. The molecule has 6 heteroatoms. The second-order valence-electron chi connectivity index (χ2n) is 5.30. The number of hydrogen-bond donors (Lipinski definition) is 1. The van der Waals surface area contributed by atoms with Gasteiger partial charge in [-0.1, -0.05) is 0 Å². The molecule has 0 aromatic carbocycles. The normalized spacial score (nSPS) is 12.2. The highest BCUT2D eigenvalue weighted by molar-refractivity contribution is 5.93. The summed E-state index contributed by atoms with van der Waals surface area (Å²) in [5.41, 5.74) is 2.36. The molecule has 2 rings (SSSR count). The van der Waals surface area contributed by atoms with E-state index in [0.717, 1.165) is 11.4 Å². The Morgan fingerprint density at radius 1 is 1.38 bits per heavy atom. The minimum absolute atomic E-state index is 0.0650. The molecule has 6 nitrogen and oxygen atoms in total. The number of nitrogens with zero attached hydrogens (tertiary/aromatic N) is 3. The number of rotatable bonds is 4. The molecule has 2 aromatic rings. The molecule has 0 spiro atoms. The van der Waals surface area contributed by atoms with Crippen LogP contribution in [0, 0.1) is 13.8 Å². The number of carbonyl (C=O) groups is 1. The van der Waals surface area contributed by atoms with Crippen molar-refractivity contribution in [2.75, 3.05) is 6.54 Å². The number of amides is 1. The molecule has 0 saturated carbocycles. The molecule has 2 aromatic heterocycles. The van der Waals surface area contributed by atoms with Gasteiger partial charge in [0, 0.05) is 31.5 Å². The average molecular weight is 288 g/mol. The second-order valence-corrected chi connectivity index (χ2v) is 5.30. The smallest absolute Gasteiger partial charge is 0.252 e. The summed E-state index contributed by atoms with van der Waals surface area (Å²) in [7, 11) is 1.62. The van der Waals surface area contributed by atoms with Crippen LogP contribution < -0.4 is 10.9 Å². The second kappa shape index (κ2) is 5.95. The Labute approximate surface area is 123 Å². The maximum atomic E-state index is 12.1. The lowest BCUT2D eigenvalue weighted by Gasteiger charge is -2.15. The van der Waals surface area contributed by atoms with Crippen molar-refractivity contribution in [3.05, 3.63) is 51.7 Å². The summed E-state index contributed by atoms with van der Waals surface area (Å²) in [4.78, 5) is 23.4. The van der Waals surface area contributed by atoms with Gasteiger partial charge >= 0.3 is 0 Å². The molecule has 0 aliphatic rings. The number of aromatic nitrogens is 3. The average Bonchev–Trinajstić information content (AvgIpc) is 2.77. The van der Waals surface area contributed by atoms with E-state index in [1.54, 1.807) is 7.05 Å². The SMILES string of the molecule is Cc1cc(C)n([C@H](C)CNC(=O)c2ccc(=O)n(C)c2)n1. The zero-order valence-electron chi connectivity index (χ0n) is 12.8. The first-order chi connectivity index (χ1) is 9.88. The highest BCUT2D eigenvalue weighted by atomic mass is 16.2. The molecule has 1 atom stereocenters. The van der Waals surface area contributed by atoms with Gasteiger partial charge in [-0.3, -0.25) is 14.3 Å². The molecule has 0 aliphatic carbocycles. The Morgan fingerprint density at radius 2 is 2.10 bits per heavy atom. The van der Waals surface area contributed by atoms with Crippen LogP contribution in [-0.4, -0.2) is 26.8 Å². The molecule has 0 bridgehead atoms. The van der Waals surface area contributed by atoms with Crippen molar-refractivity contribution in [2.45, 2.75) is 26.8 Å². The van der Waals surface area contributed by atoms with Crippen LogP contribution >= 0.6 is 0 Å². The molecule has 2 heterocycles. The van der Waals surface area contributed by atoms with E-state index in [1.807, 2.05) is 31.5 Å². The summed E-state index contributed by atoms with van der Waals surface area (Å²) in [5, 5.41) is 7.27. The molecule has 0 radical (unpaired) electrons. The summed E-state index contributed by atoms with van der Waals surface area (Å²) >= 11 is 0. The summed E-state index contributed by atoms with van der Waals surface area (Å²) < 4.78 is 3.29. The predicted molar refractivity (Wildman–Crippen MR) is 80.4 cm³/mol. The molecule has 1 amide bonds. The van der Waals surface area contributed by atoms with Crippen LogP contribution in [0.2, 0.25) is 0 Å². The Hall–Kier alpha value is -2.37. The Balaban J connectivity index is 2.02. The van der Waals surface area contributed by atoms with Crippen LogP contribution in [0.5, 0.6) is 0 Å². The lowest BCUT2D eigenvalue weighted by Crippen LogP contribution is -2.31. The lowest BCUT2D eigenvalue weighted by molar-refractivity contribution is 0.0947. The number of nitrogens with one attached hydrogen (secondary N) is 1. The largest absolute Gasteiger partial charge is 0.350 e. The van der Waals surface area contributed by atoms with Crippen molar-refractivity contribution >= 4 is 5.91 Å². The maximum Gasteiger partial charge on any atom is 0.252 e. The van der Waals surface area contributed by atoms with Gasteiger partial charge in [0.2, 0.25) is 5.56 Å². The first kappa shape index (κ1) is 15.0. The van der Waals surface area contributed by atoms with Crippen molar-refractivity contribution < 1.29 is 4.79 Å². The predicted octanol–water partition coefficient (Wildman–Crippen LogP) is 1.19. The fraction of sp³-hybridized carbons (Fsp3) is 0.400. The fourth-order valence-electron chi connectivity index (χ4n) is 2.25. The van der Waals surface area contributed by atoms with Crippen molar-refractivity contribution in [2.24, 2.45) is 7.05 Å². The quantitative estimate of drug-likeness (QED) is 0.919. The van der Waals surface area contributed by atoms with Crippen LogP contribution in [0.3, 0.4) is 0 Å². The van der Waals surface area contributed by atoms with Crippen molar-refractivity contribution in [1.29, 1.82) is 0 Å². The van der Waals surface area contributed by atoms with Crippen LogP contribution in [-0.2, 0) is 7.05 Å². The Bertz CT molecular complexity index is 715. The standard InChI is InChI=1S/C15H20N4O2/c1-10-7-11(2)19(17-10)12(3)8-16-15(21)13-5-6-14(20)18(4)9-13/h5-7,9,12H,8H2,1-4H3,(H,16,21)/t12-/m1/s1. The van der Waals surface area contributed by atoms with E-state index in [1.165, 1.54) is 22.9 Å². The number of carbonyl (C=O) groups excluding carboxylic acids is 1. The topological polar surface area (TPSA) is 68.9 Å². The van der Waals surface area contributed by atoms with E-state index in [-0.39, 0.29) is 17.5 Å². The van der Waals surface area contributed by atoms with Gasteiger partial charge in [0.15, 0.2) is 0 Å². The van der Waals surface area contributed by atoms with Crippen LogP contribution in [0.4, 0.5) is 0 Å². The molecular formula is C15H20N4O2. The van der Waals surface area contributed by atoms with Crippen molar-refractivity contribution in [1.82, 2.24) is 19.7 Å². The lowest BCUT2D eigenvalue weighted by atomic mass is 10.2. The molecule has 112 valence electrons. The Kier molecular flexibility index (Phi) is 4.26. The van der Waals surface area contributed by atoms with Gasteiger partial charge in [0.1, 0.15) is 0 Å². The third kappa shape index (κ3) is 3.39. The highest BCUT2D eigenvalue weighted by Gasteiger charge is 2.12. The van der Waals surface area contributed by atoms with E-state index in [0.29, 0.717) is 12.1 Å². The van der Waals surface area contributed by atoms with Gasteiger partial charge in [0.25, 0.3) is 5.91 Å². The van der Waals surface area contributed by atoms with Crippen LogP contribution in [0.15, 0.2) is 29.2 Å². The highest BCUT2D eigenvalue weighted by Crippen LogP contribution is 2.09. The van der Waals surface area contributed by atoms with E-state index in [9.17, 15) is 9.59 Å². The van der Waals surface area contributed by atoms with Crippen molar-refractivity contribution in [3.63, 3.8) is 0 Å². The summed E-state index contributed by atoms with van der Waals surface area (Å²) in [6, 6.07) is 4.99. The van der Waals surface area contributed by atoms with Gasteiger partial charge in [-0.25, -0.2) is 0 Å². The van der Waals surface area contributed by atoms with E-state index in [4.69, 9.17) is 0 Å². The van der Waals surface area contributed by atoms with E-state index >= 15 is 0 Å². The van der Waals surface area contributed by atoms with Gasteiger partial charge in [-0.05, 0) is 32.9 Å². The molecule has 0 saturated heterocycles. The van der Waals surface area contributed by atoms with Gasteiger partial charge in [-0.2, -0.15) is 5.10 Å². The number of hydrogen-bond acceptors (Lipinski definition) is 3. The molecule has 1 N–H and O–H groups in total. The van der Waals surface area contributed by atoms with Crippen molar-refractivity contribution in [3.8, 4) is 0 Å². The first-order valence-electron chi connectivity index (χ1n) is 6.86. The third-order valence-corrected chi connectivity index (χ3v) is 3.37. The van der Waals surface area contributed by atoms with E-state index < -0.39 is 0 Å². The van der Waals surface area contributed by atoms with Gasteiger partial charge in [-0.15, -0.1) is 0 Å². The van der Waals surface area contributed by atoms with Gasteiger partial charge < -0.3 is 9.88 Å². The molecule has 21 heavy (non-hydrogen) atoms. The minimum Gasteiger partial charge on any atom is -0.350 e. The number of pyridine rings is 1. The Morgan fingerprint density at radius 3 is 2.67 bits per heavy atom. The zero-order valence-corrected chi connectivity index (χ0v) is 12.8. The third-order valence-electron chi connectivity index (χ3n) is 3.37. The summed E-state index contributed by atoms with van der Waals surface area (Å²) in [6.07, 6.45) is 1.53. The summed E-state index contributed by atoms with van der Waals surface area (Å²) in [5.74, 6) is -0.195.